The van der Waals surface area contributed by atoms with E-state index in [1.165, 1.54) is 0 Å². The van der Waals surface area contributed by atoms with Gasteiger partial charge in [-0.1, -0.05) is 17.7 Å². The van der Waals surface area contributed by atoms with Crippen molar-refractivity contribution < 1.29 is 5.11 Å². The van der Waals surface area contributed by atoms with Crippen LogP contribution in [0.2, 0.25) is 5.02 Å². The third-order valence-corrected chi connectivity index (χ3v) is 2.74. The van der Waals surface area contributed by atoms with E-state index >= 15 is 0 Å². The molecule has 0 atom stereocenters. The van der Waals surface area contributed by atoms with Crippen LogP contribution in [0.5, 0.6) is 0 Å². The average Bonchev–Trinajstić information content (AvgIpc) is 2.01. The molecule has 1 aromatic rings. The van der Waals surface area contributed by atoms with Crippen molar-refractivity contribution in [2.24, 2.45) is 0 Å². The Hall–Kier alpha value is -0.180. The van der Waals surface area contributed by atoms with E-state index in [1.54, 1.807) is 0 Å². The van der Waals surface area contributed by atoms with Crippen molar-refractivity contribution in [2.45, 2.75) is 18.2 Å². The van der Waals surface area contributed by atoms with E-state index in [0.717, 1.165) is 16.0 Å². The second kappa shape index (κ2) is 4.17. The summed E-state index contributed by atoms with van der Waals surface area (Å²) in [6.45, 7) is 2.11. The molecule has 12 heavy (non-hydrogen) atoms. The van der Waals surface area contributed by atoms with Gasteiger partial charge in [-0.2, -0.15) is 0 Å². The van der Waals surface area contributed by atoms with E-state index in [1.807, 2.05) is 19.1 Å². The van der Waals surface area contributed by atoms with E-state index in [9.17, 15) is 0 Å². The first-order valence-electron chi connectivity index (χ1n) is 3.74. The lowest BCUT2D eigenvalue weighted by Crippen LogP contribution is -1.92. The zero-order valence-corrected chi connectivity index (χ0v) is 8.49. The highest BCUT2D eigenvalue weighted by Gasteiger charge is 2.02. The number of hydrogen-bond donors (Lipinski definition) is 2. The standard InChI is InChI=1S/C9H11ClOS/c1-6-4-7(2-3-11)5-8(10)9(6)12/h4-5,11-12H,2-3H2,1H3. The van der Waals surface area contributed by atoms with Crippen molar-refractivity contribution >= 4 is 24.2 Å². The van der Waals surface area contributed by atoms with Gasteiger partial charge in [0.1, 0.15) is 0 Å². The predicted molar refractivity (Wildman–Crippen MR) is 54.2 cm³/mol. The van der Waals surface area contributed by atoms with Gasteiger partial charge in [0, 0.05) is 11.5 Å². The van der Waals surface area contributed by atoms with Crippen LogP contribution in [0.1, 0.15) is 11.1 Å². The van der Waals surface area contributed by atoms with E-state index in [-0.39, 0.29) is 6.61 Å². The minimum Gasteiger partial charge on any atom is -0.396 e. The van der Waals surface area contributed by atoms with E-state index < -0.39 is 0 Å². The fourth-order valence-corrected chi connectivity index (χ4v) is 1.50. The fourth-order valence-electron chi connectivity index (χ4n) is 1.08. The second-order valence-electron chi connectivity index (χ2n) is 2.72. The summed E-state index contributed by atoms with van der Waals surface area (Å²) in [6.07, 6.45) is 0.647. The Kier molecular flexibility index (Phi) is 3.44. The van der Waals surface area contributed by atoms with Crippen LogP contribution in [0.3, 0.4) is 0 Å². The number of hydrogen-bond acceptors (Lipinski definition) is 2. The third kappa shape index (κ3) is 2.16. The normalized spacial score (nSPS) is 10.3. The molecule has 0 spiro atoms. The van der Waals surface area contributed by atoms with Crippen molar-refractivity contribution in [3.63, 3.8) is 0 Å². The molecule has 0 unspecified atom stereocenters. The number of rotatable bonds is 2. The summed E-state index contributed by atoms with van der Waals surface area (Å²) in [6, 6.07) is 3.83. The van der Waals surface area contributed by atoms with Gasteiger partial charge in [0.25, 0.3) is 0 Å². The molecule has 66 valence electrons. The van der Waals surface area contributed by atoms with Crippen LogP contribution in [0, 0.1) is 6.92 Å². The molecule has 1 rings (SSSR count). The molecule has 0 heterocycles. The lowest BCUT2D eigenvalue weighted by Gasteiger charge is -2.05. The maximum absolute atomic E-state index is 8.71. The molecule has 1 aromatic carbocycles. The largest absolute Gasteiger partial charge is 0.396 e. The number of halogens is 1. The van der Waals surface area contributed by atoms with Crippen LogP contribution < -0.4 is 0 Å². The molecule has 0 aromatic heterocycles. The van der Waals surface area contributed by atoms with E-state index in [4.69, 9.17) is 16.7 Å². The van der Waals surface area contributed by atoms with Crippen LogP contribution in [-0.2, 0) is 6.42 Å². The molecular formula is C9H11ClOS. The molecule has 1 nitrogen and oxygen atoms in total. The molecule has 0 fully saturated rings. The second-order valence-corrected chi connectivity index (χ2v) is 3.57. The number of aliphatic hydroxyl groups is 1. The van der Waals surface area contributed by atoms with Gasteiger partial charge in [-0.25, -0.2) is 0 Å². The van der Waals surface area contributed by atoms with Crippen LogP contribution in [0.15, 0.2) is 17.0 Å². The van der Waals surface area contributed by atoms with Crippen molar-refractivity contribution in [3.8, 4) is 0 Å². The SMILES string of the molecule is Cc1cc(CCO)cc(Cl)c1S. The van der Waals surface area contributed by atoms with Gasteiger partial charge in [0.2, 0.25) is 0 Å². The molecule has 0 aliphatic heterocycles. The highest BCUT2D eigenvalue weighted by molar-refractivity contribution is 7.80. The fraction of sp³-hybridized carbons (Fsp3) is 0.333. The van der Waals surface area contributed by atoms with Gasteiger partial charge >= 0.3 is 0 Å². The summed E-state index contributed by atoms with van der Waals surface area (Å²) in [5.74, 6) is 0. The number of aliphatic hydroxyl groups excluding tert-OH is 1. The van der Waals surface area contributed by atoms with Gasteiger partial charge in [-0.15, -0.1) is 12.6 Å². The summed E-state index contributed by atoms with van der Waals surface area (Å²) in [4.78, 5) is 0.818. The van der Waals surface area contributed by atoms with Crippen molar-refractivity contribution in [1.29, 1.82) is 0 Å². The number of thiol groups is 1. The summed E-state index contributed by atoms with van der Waals surface area (Å²) in [7, 11) is 0. The minimum absolute atomic E-state index is 0.154. The Labute approximate surface area is 82.8 Å². The lowest BCUT2D eigenvalue weighted by atomic mass is 10.1. The average molecular weight is 203 g/mol. The number of benzene rings is 1. The Morgan fingerprint density at radius 1 is 1.50 bits per heavy atom. The van der Waals surface area contributed by atoms with Gasteiger partial charge in [0.15, 0.2) is 0 Å². The molecule has 3 heteroatoms. The molecule has 0 saturated carbocycles. The predicted octanol–water partition coefficient (Wildman–Crippen LogP) is 2.47. The molecule has 0 radical (unpaired) electrons. The first kappa shape index (κ1) is 9.90. The van der Waals surface area contributed by atoms with Gasteiger partial charge in [-0.3, -0.25) is 0 Å². The Morgan fingerprint density at radius 3 is 2.67 bits per heavy atom. The number of aryl methyl sites for hydroxylation is 1. The third-order valence-electron chi connectivity index (χ3n) is 1.71. The van der Waals surface area contributed by atoms with Crippen molar-refractivity contribution in [2.75, 3.05) is 6.61 Å². The topological polar surface area (TPSA) is 20.2 Å². The van der Waals surface area contributed by atoms with Gasteiger partial charge in [0.05, 0.1) is 5.02 Å². The molecule has 0 bridgehead atoms. The maximum Gasteiger partial charge on any atom is 0.0544 e. The maximum atomic E-state index is 8.71. The van der Waals surface area contributed by atoms with Crippen LogP contribution >= 0.6 is 24.2 Å². The quantitative estimate of drug-likeness (QED) is 0.707. The molecule has 0 aliphatic rings. The minimum atomic E-state index is 0.154. The molecule has 0 saturated heterocycles. The highest BCUT2D eigenvalue weighted by atomic mass is 35.5. The van der Waals surface area contributed by atoms with E-state index in [2.05, 4.69) is 12.6 Å². The van der Waals surface area contributed by atoms with Crippen LogP contribution in [-0.4, -0.2) is 11.7 Å². The first-order chi connectivity index (χ1) is 5.65. The van der Waals surface area contributed by atoms with Crippen LogP contribution in [0.25, 0.3) is 0 Å². The smallest absolute Gasteiger partial charge is 0.0544 e. The Bertz CT molecular complexity index is 263. The van der Waals surface area contributed by atoms with E-state index in [0.29, 0.717) is 11.4 Å². The van der Waals surface area contributed by atoms with Crippen LogP contribution in [0.4, 0.5) is 0 Å². The molecule has 0 amide bonds. The van der Waals surface area contributed by atoms with Crippen molar-refractivity contribution in [1.82, 2.24) is 0 Å². The summed E-state index contributed by atoms with van der Waals surface area (Å²) < 4.78 is 0. The zero-order valence-electron chi connectivity index (χ0n) is 6.84. The van der Waals surface area contributed by atoms with Crippen molar-refractivity contribution in [3.05, 3.63) is 28.3 Å². The monoisotopic (exact) mass is 202 g/mol. The Balaban J connectivity index is 3.04. The highest BCUT2D eigenvalue weighted by Crippen LogP contribution is 2.25. The summed E-state index contributed by atoms with van der Waals surface area (Å²) >= 11 is 10.1. The Morgan fingerprint density at radius 2 is 2.17 bits per heavy atom. The molecular weight excluding hydrogens is 192 g/mol. The molecule has 0 aliphatic carbocycles. The van der Waals surface area contributed by atoms with Gasteiger partial charge in [-0.05, 0) is 30.5 Å². The first-order valence-corrected chi connectivity index (χ1v) is 4.56. The summed E-state index contributed by atoms with van der Waals surface area (Å²) in [5.41, 5.74) is 2.10. The summed E-state index contributed by atoms with van der Waals surface area (Å²) in [5, 5.41) is 9.36. The van der Waals surface area contributed by atoms with Gasteiger partial charge < -0.3 is 5.11 Å². The molecule has 1 N–H and O–H groups in total. The zero-order chi connectivity index (χ0) is 9.14. The lowest BCUT2D eigenvalue weighted by molar-refractivity contribution is 0.299.